The predicted octanol–water partition coefficient (Wildman–Crippen LogP) is 2.64. The van der Waals surface area contributed by atoms with E-state index in [9.17, 15) is 9.90 Å². The molecule has 1 aromatic carbocycles. The van der Waals surface area contributed by atoms with E-state index in [-0.39, 0.29) is 12.5 Å². The summed E-state index contributed by atoms with van der Waals surface area (Å²) < 4.78 is 0. The van der Waals surface area contributed by atoms with Crippen molar-refractivity contribution < 1.29 is 9.90 Å². The van der Waals surface area contributed by atoms with Crippen molar-refractivity contribution in [3.63, 3.8) is 0 Å². The van der Waals surface area contributed by atoms with Crippen LogP contribution in [-0.2, 0) is 16.4 Å². The van der Waals surface area contributed by atoms with Gasteiger partial charge in [0, 0.05) is 19.5 Å². The minimum Gasteiger partial charge on any atom is -0.336 e. The maximum atomic E-state index is 11.9. The van der Waals surface area contributed by atoms with Crippen LogP contribution in [0.4, 0.5) is 0 Å². The van der Waals surface area contributed by atoms with E-state index in [1.54, 1.807) is 4.90 Å². The first kappa shape index (κ1) is 13.7. The molecular formula is C14H20NO2. The molecule has 1 aromatic rings. The Bertz CT molecular complexity index is 324. The summed E-state index contributed by atoms with van der Waals surface area (Å²) in [6.07, 6.45) is 2.44. The number of unbranched alkanes of at least 4 members (excludes halogenated alkanes) is 1. The Balaban J connectivity index is 2.56. The minimum atomic E-state index is -0.231. The zero-order chi connectivity index (χ0) is 12.5. The highest BCUT2D eigenvalue weighted by molar-refractivity contribution is 5.76. The van der Waals surface area contributed by atoms with Gasteiger partial charge in [-0.3, -0.25) is 4.79 Å². The largest absolute Gasteiger partial charge is 0.336 e. The normalized spacial score (nSPS) is 10.2. The van der Waals surface area contributed by atoms with Crippen LogP contribution in [0.15, 0.2) is 30.3 Å². The predicted molar refractivity (Wildman–Crippen MR) is 66.9 cm³/mol. The third-order valence-corrected chi connectivity index (χ3v) is 2.67. The van der Waals surface area contributed by atoms with Crippen molar-refractivity contribution in [2.45, 2.75) is 32.7 Å². The van der Waals surface area contributed by atoms with Gasteiger partial charge in [0.25, 0.3) is 0 Å². The third kappa shape index (κ3) is 5.00. The molecule has 0 N–H and O–H groups in total. The Hall–Kier alpha value is -1.35. The van der Waals surface area contributed by atoms with E-state index in [2.05, 4.69) is 6.92 Å². The first-order valence-electron chi connectivity index (χ1n) is 6.17. The number of nitrogens with zero attached hydrogens (tertiary/aromatic N) is 1. The van der Waals surface area contributed by atoms with Gasteiger partial charge in [-0.2, -0.15) is 0 Å². The van der Waals surface area contributed by atoms with Gasteiger partial charge in [-0.15, -0.1) is 0 Å². The molecule has 17 heavy (non-hydrogen) atoms. The fraction of sp³-hybridized carbons (Fsp3) is 0.500. The van der Waals surface area contributed by atoms with E-state index in [4.69, 9.17) is 0 Å². The van der Waals surface area contributed by atoms with Crippen LogP contribution in [0, 0.1) is 0 Å². The summed E-state index contributed by atoms with van der Waals surface area (Å²) in [6.45, 7) is 2.68. The van der Waals surface area contributed by atoms with Crippen LogP contribution in [0.25, 0.3) is 0 Å². The molecule has 0 saturated heterocycles. The molecule has 0 fully saturated rings. The van der Waals surface area contributed by atoms with Crippen molar-refractivity contribution in [3.05, 3.63) is 35.9 Å². The summed E-state index contributed by atoms with van der Waals surface area (Å²) in [5, 5.41) is 10.7. The average molecular weight is 234 g/mol. The number of amides is 1. The average Bonchev–Trinajstić information content (AvgIpc) is 2.36. The summed E-state index contributed by atoms with van der Waals surface area (Å²) in [6, 6.07) is 9.79. The van der Waals surface area contributed by atoms with Gasteiger partial charge < -0.3 is 4.90 Å². The lowest BCUT2D eigenvalue weighted by Crippen LogP contribution is -2.32. The van der Waals surface area contributed by atoms with Gasteiger partial charge in [0.05, 0.1) is 6.61 Å². The van der Waals surface area contributed by atoms with Gasteiger partial charge in [-0.25, -0.2) is 5.11 Å². The molecule has 0 saturated carbocycles. The van der Waals surface area contributed by atoms with Gasteiger partial charge in [-0.1, -0.05) is 43.7 Å². The van der Waals surface area contributed by atoms with Gasteiger partial charge in [-0.05, 0) is 12.0 Å². The molecule has 0 aromatic heterocycles. The van der Waals surface area contributed by atoms with Crippen molar-refractivity contribution in [1.29, 1.82) is 0 Å². The third-order valence-electron chi connectivity index (χ3n) is 2.67. The van der Waals surface area contributed by atoms with Crippen LogP contribution < -0.4 is 0 Å². The highest BCUT2D eigenvalue weighted by Gasteiger charge is 2.12. The Morgan fingerprint density at radius 2 is 1.94 bits per heavy atom. The second-order valence-corrected chi connectivity index (χ2v) is 4.11. The first-order valence-corrected chi connectivity index (χ1v) is 6.17. The Kier molecular flexibility index (Phi) is 6.33. The van der Waals surface area contributed by atoms with Gasteiger partial charge >= 0.3 is 0 Å². The van der Waals surface area contributed by atoms with Crippen molar-refractivity contribution >= 4 is 5.91 Å². The Morgan fingerprint density at radius 3 is 2.53 bits per heavy atom. The first-order chi connectivity index (χ1) is 8.27. The topological polar surface area (TPSA) is 40.2 Å². The highest BCUT2D eigenvalue weighted by Crippen LogP contribution is 2.07. The van der Waals surface area contributed by atoms with Crippen molar-refractivity contribution in [2.75, 3.05) is 13.2 Å². The molecule has 0 aliphatic heterocycles. The summed E-state index contributed by atoms with van der Waals surface area (Å²) in [4.78, 5) is 13.5. The Morgan fingerprint density at radius 1 is 1.24 bits per heavy atom. The van der Waals surface area contributed by atoms with E-state index < -0.39 is 0 Å². The molecule has 0 spiro atoms. The highest BCUT2D eigenvalue weighted by atomic mass is 16.3. The molecule has 0 aliphatic carbocycles. The zero-order valence-corrected chi connectivity index (χ0v) is 10.4. The molecule has 0 aliphatic rings. The van der Waals surface area contributed by atoms with Crippen LogP contribution >= 0.6 is 0 Å². The summed E-state index contributed by atoms with van der Waals surface area (Å²) in [7, 11) is 0. The lowest BCUT2D eigenvalue weighted by Gasteiger charge is -2.21. The molecule has 0 atom stereocenters. The second-order valence-electron chi connectivity index (χ2n) is 4.11. The Labute approximate surface area is 103 Å². The molecule has 0 unspecified atom stereocenters. The molecule has 93 valence electrons. The molecule has 3 nitrogen and oxygen atoms in total. The summed E-state index contributed by atoms with van der Waals surface area (Å²) >= 11 is 0. The fourth-order valence-electron chi connectivity index (χ4n) is 1.69. The number of rotatable bonds is 7. The van der Waals surface area contributed by atoms with Crippen LogP contribution in [-0.4, -0.2) is 24.0 Å². The van der Waals surface area contributed by atoms with E-state index in [1.807, 2.05) is 30.3 Å². The van der Waals surface area contributed by atoms with E-state index >= 15 is 0 Å². The van der Waals surface area contributed by atoms with Gasteiger partial charge in [0.1, 0.15) is 0 Å². The van der Waals surface area contributed by atoms with Crippen LogP contribution in [0.2, 0.25) is 0 Å². The quantitative estimate of drug-likeness (QED) is 0.715. The molecule has 1 radical (unpaired) electrons. The maximum absolute atomic E-state index is 11.9. The maximum Gasteiger partial charge on any atom is 0.222 e. The lowest BCUT2D eigenvalue weighted by molar-refractivity contribution is -0.132. The number of carbonyl (C=O) groups excluding carboxylic acids is 1. The monoisotopic (exact) mass is 234 g/mol. The fourth-order valence-corrected chi connectivity index (χ4v) is 1.69. The zero-order valence-electron chi connectivity index (χ0n) is 10.4. The standard InChI is InChI=1S/C14H20NO2/c1-2-3-9-14(17)15(10-11-16)12-13-7-5-4-6-8-13/h4-8H,2-3,9-12H2,1H3. The lowest BCUT2D eigenvalue weighted by atomic mass is 10.2. The van der Waals surface area contributed by atoms with Crippen molar-refractivity contribution in [2.24, 2.45) is 0 Å². The SMILES string of the molecule is CCCCC(=O)N(CC[O])Cc1ccccc1. The second kappa shape index (κ2) is 7.85. The number of hydrogen-bond acceptors (Lipinski definition) is 1. The molecule has 1 rings (SSSR count). The smallest absolute Gasteiger partial charge is 0.222 e. The molecular weight excluding hydrogens is 214 g/mol. The summed E-state index contributed by atoms with van der Waals surface area (Å²) in [5.41, 5.74) is 1.07. The van der Waals surface area contributed by atoms with E-state index in [0.717, 1.165) is 18.4 Å². The number of hydrogen-bond donors (Lipinski definition) is 0. The van der Waals surface area contributed by atoms with Gasteiger partial charge in [0.15, 0.2) is 0 Å². The van der Waals surface area contributed by atoms with Crippen molar-refractivity contribution in [3.8, 4) is 0 Å². The molecule has 1 amide bonds. The molecule has 0 bridgehead atoms. The van der Waals surface area contributed by atoms with Crippen LogP contribution in [0.5, 0.6) is 0 Å². The molecule has 3 heteroatoms. The van der Waals surface area contributed by atoms with Crippen LogP contribution in [0.1, 0.15) is 31.7 Å². The number of carbonyl (C=O) groups is 1. The minimum absolute atomic E-state index is 0.0894. The number of benzene rings is 1. The summed E-state index contributed by atoms with van der Waals surface area (Å²) in [5.74, 6) is 0.0894. The van der Waals surface area contributed by atoms with Gasteiger partial charge in [0.2, 0.25) is 5.91 Å². The van der Waals surface area contributed by atoms with E-state index in [1.165, 1.54) is 0 Å². The van der Waals surface area contributed by atoms with Crippen molar-refractivity contribution in [1.82, 2.24) is 4.90 Å². The van der Waals surface area contributed by atoms with Crippen LogP contribution in [0.3, 0.4) is 0 Å². The van der Waals surface area contributed by atoms with E-state index in [0.29, 0.717) is 19.5 Å². The molecule has 0 heterocycles.